The molecule has 3 atom stereocenters. The number of aliphatic carboxylic acids is 1. The second kappa shape index (κ2) is 14.6. The van der Waals surface area contributed by atoms with Crippen LogP contribution in [0.3, 0.4) is 0 Å². The summed E-state index contributed by atoms with van der Waals surface area (Å²) in [6.45, 7) is 6.06. The van der Waals surface area contributed by atoms with Crippen molar-refractivity contribution in [2.24, 2.45) is 5.92 Å². The van der Waals surface area contributed by atoms with Crippen LogP contribution in [0.25, 0.3) is 0 Å². The van der Waals surface area contributed by atoms with Gasteiger partial charge in [-0.15, -0.1) is 0 Å². The van der Waals surface area contributed by atoms with Gasteiger partial charge in [0, 0.05) is 49.9 Å². The number of carboxylic acids is 1. The van der Waals surface area contributed by atoms with Gasteiger partial charge in [0.1, 0.15) is 12.1 Å². The van der Waals surface area contributed by atoms with Crippen LogP contribution in [0.15, 0.2) is 36.8 Å². The fourth-order valence-electron chi connectivity index (χ4n) is 6.10. The van der Waals surface area contributed by atoms with Crippen molar-refractivity contribution in [1.82, 2.24) is 24.7 Å². The number of carbonyl (C=O) groups excluding carboxylic acids is 1. The van der Waals surface area contributed by atoms with Crippen LogP contribution in [0, 0.1) is 5.92 Å². The van der Waals surface area contributed by atoms with E-state index in [2.05, 4.69) is 46.9 Å². The molecule has 2 aliphatic heterocycles. The Bertz CT molecular complexity index is 1110. The van der Waals surface area contributed by atoms with E-state index in [1.165, 1.54) is 6.33 Å². The lowest BCUT2D eigenvalue weighted by Gasteiger charge is -2.30. The number of rotatable bonds is 15. The molecule has 1 aromatic heterocycles. The SMILES string of the molecule is CCCCN(CCCCN(C)C)C(=O)CN1C[C@H](c2ccc3c(c2)CCO3)C(C(=O)O)[C@@H]1CCc1ccncn1. The molecule has 0 bridgehead atoms. The van der Waals surface area contributed by atoms with E-state index in [9.17, 15) is 14.7 Å². The molecular weight excluding hydrogens is 506 g/mol. The molecule has 1 N–H and O–H groups in total. The molecule has 0 radical (unpaired) electrons. The van der Waals surface area contributed by atoms with E-state index in [4.69, 9.17) is 4.74 Å². The number of fused-ring (bicyclic) bond motifs is 1. The molecule has 2 aliphatic rings. The monoisotopic (exact) mass is 551 g/mol. The van der Waals surface area contributed by atoms with Gasteiger partial charge in [0.2, 0.25) is 5.91 Å². The lowest BCUT2D eigenvalue weighted by Crippen LogP contribution is -2.45. The number of benzene rings is 1. The first-order chi connectivity index (χ1) is 19.4. The Morgan fingerprint density at radius 2 is 1.93 bits per heavy atom. The molecule has 3 heterocycles. The fraction of sp³-hybridized carbons (Fsp3) is 0.613. The van der Waals surface area contributed by atoms with E-state index in [0.717, 1.165) is 74.3 Å². The van der Waals surface area contributed by atoms with E-state index in [1.807, 2.05) is 23.1 Å². The van der Waals surface area contributed by atoms with Crippen LogP contribution in [0.5, 0.6) is 5.75 Å². The molecule has 1 unspecified atom stereocenters. The zero-order valence-corrected chi connectivity index (χ0v) is 24.3. The van der Waals surface area contributed by atoms with Crippen molar-refractivity contribution in [1.29, 1.82) is 0 Å². The van der Waals surface area contributed by atoms with Gasteiger partial charge in [-0.3, -0.25) is 14.5 Å². The maximum absolute atomic E-state index is 13.7. The Balaban J connectivity index is 1.54. The normalized spacial score (nSPS) is 20.4. The molecule has 9 heteroatoms. The second-order valence-corrected chi connectivity index (χ2v) is 11.4. The molecule has 1 fully saturated rings. The van der Waals surface area contributed by atoms with Crippen molar-refractivity contribution in [2.75, 3.05) is 53.4 Å². The summed E-state index contributed by atoms with van der Waals surface area (Å²) in [5.74, 6) is -0.634. The summed E-state index contributed by atoms with van der Waals surface area (Å²) in [6, 6.07) is 7.70. The summed E-state index contributed by atoms with van der Waals surface area (Å²) in [7, 11) is 4.14. The van der Waals surface area contributed by atoms with Gasteiger partial charge in [0.05, 0.1) is 19.1 Å². The number of likely N-dealkylation sites (tertiary alicyclic amines) is 1. The zero-order chi connectivity index (χ0) is 28.5. The quantitative estimate of drug-likeness (QED) is 0.336. The highest BCUT2D eigenvalue weighted by Gasteiger charge is 2.47. The number of carboxylic acid groups (broad SMARTS) is 1. The van der Waals surface area contributed by atoms with Gasteiger partial charge in [-0.05, 0) is 76.0 Å². The van der Waals surface area contributed by atoms with E-state index in [-0.39, 0.29) is 24.4 Å². The second-order valence-electron chi connectivity index (χ2n) is 11.4. The van der Waals surface area contributed by atoms with E-state index >= 15 is 0 Å². The van der Waals surface area contributed by atoms with Crippen LogP contribution in [-0.2, 0) is 22.4 Å². The van der Waals surface area contributed by atoms with Crippen molar-refractivity contribution in [3.05, 3.63) is 53.6 Å². The fourth-order valence-corrected chi connectivity index (χ4v) is 6.10. The van der Waals surface area contributed by atoms with Gasteiger partial charge in [-0.1, -0.05) is 25.5 Å². The molecule has 2 aromatic rings. The molecular formula is C31H45N5O4. The predicted molar refractivity (Wildman–Crippen MR) is 154 cm³/mol. The summed E-state index contributed by atoms with van der Waals surface area (Å²) in [4.78, 5) is 41.2. The van der Waals surface area contributed by atoms with E-state index in [1.54, 1.807) is 6.20 Å². The van der Waals surface area contributed by atoms with Crippen LogP contribution in [0.1, 0.15) is 61.8 Å². The number of ether oxygens (including phenoxy) is 1. The largest absolute Gasteiger partial charge is 0.493 e. The van der Waals surface area contributed by atoms with Crippen molar-refractivity contribution in [2.45, 2.75) is 63.8 Å². The highest BCUT2D eigenvalue weighted by molar-refractivity contribution is 5.79. The van der Waals surface area contributed by atoms with Crippen molar-refractivity contribution < 1.29 is 19.4 Å². The predicted octanol–water partition coefficient (Wildman–Crippen LogP) is 3.48. The van der Waals surface area contributed by atoms with Gasteiger partial charge in [0.15, 0.2) is 0 Å². The number of nitrogens with zero attached hydrogens (tertiary/aromatic N) is 5. The Hall–Kier alpha value is -3.04. The van der Waals surface area contributed by atoms with Crippen LogP contribution < -0.4 is 4.74 Å². The summed E-state index contributed by atoms with van der Waals surface area (Å²) >= 11 is 0. The van der Waals surface area contributed by atoms with Gasteiger partial charge < -0.3 is 19.6 Å². The minimum Gasteiger partial charge on any atom is -0.493 e. The van der Waals surface area contributed by atoms with Gasteiger partial charge in [0.25, 0.3) is 0 Å². The summed E-state index contributed by atoms with van der Waals surface area (Å²) in [5.41, 5.74) is 3.04. The Morgan fingerprint density at radius 3 is 2.65 bits per heavy atom. The number of unbranched alkanes of at least 4 members (excludes halogenated alkanes) is 2. The van der Waals surface area contributed by atoms with Crippen molar-refractivity contribution in [3.8, 4) is 5.75 Å². The topological polar surface area (TPSA) is 99.1 Å². The number of aromatic nitrogens is 2. The van der Waals surface area contributed by atoms with Crippen LogP contribution in [0.4, 0.5) is 0 Å². The number of amides is 1. The van der Waals surface area contributed by atoms with Gasteiger partial charge >= 0.3 is 5.97 Å². The molecule has 0 saturated carbocycles. The highest BCUT2D eigenvalue weighted by Crippen LogP contribution is 2.41. The van der Waals surface area contributed by atoms with Crippen molar-refractivity contribution >= 4 is 11.9 Å². The summed E-state index contributed by atoms with van der Waals surface area (Å²) in [5, 5.41) is 10.5. The molecule has 1 aromatic carbocycles. The molecule has 4 rings (SSSR count). The number of aryl methyl sites for hydroxylation is 1. The van der Waals surface area contributed by atoms with Gasteiger partial charge in [-0.25, -0.2) is 9.97 Å². The number of hydrogen-bond donors (Lipinski definition) is 1. The smallest absolute Gasteiger partial charge is 0.308 e. The summed E-state index contributed by atoms with van der Waals surface area (Å²) in [6.07, 6.45) is 9.32. The third-order valence-electron chi connectivity index (χ3n) is 8.27. The molecule has 0 spiro atoms. The van der Waals surface area contributed by atoms with Crippen LogP contribution in [0.2, 0.25) is 0 Å². The molecule has 0 aliphatic carbocycles. The lowest BCUT2D eigenvalue weighted by atomic mass is 9.83. The zero-order valence-electron chi connectivity index (χ0n) is 24.3. The van der Waals surface area contributed by atoms with E-state index < -0.39 is 11.9 Å². The first-order valence-electron chi connectivity index (χ1n) is 14.8. The standard InChI is InChI=1S/C31H45N5O4/c1-4-5-16-35(17-7-6-15-34(2)3)29(37)21-36-20-26(23-8-11-28-24(19-23)13-18-40-28)30(31(38)39)27(36)10-9-25-12-14-32-22-33-25/h8,11-12,14,19,22,26-27,30H,4-7,9-10,13,15-18,20-21H2,1-3H3,(H,38,39)/t26-,27+,30?/m1/s1. The molecule has 1 saturated heterocycles. The molecule has 9 nitrogen and oxygen atoms in total. The van der Waals surface area contributed by atoms with Crippen LogP contribution in [-0.4, -0.2) is 101 Å². The van der Waals surface area contributed by atoms with Gasteiger partial charge in [-0.2, -0.15) is 0 Å². The first kappa shape index (κ1) is 29.9. The molecule has 1 amide bonds. The third-order valence-corrected chi connectivity index (χ3v) is 8.27. The molecule has 218 valence electrons. The maximum Gasteiger partial charge on any atom is 0.308 e. The highest BCUT2D eigenvalue weighted by atomic mass is 16.5. The maximum atomic E-state index is 13.7. The Kier molecular flexibility index (Phi) is 10.9. The number of carbonyl (C=O) groups is 2. The number of hydrogen-bond acceptors (Lipinski definition) is 7. The average Bonchev–Trinajstić information content (AvgIpc) is 3.56. The minimum atomic E-state index is -0.809. The first-order valence-corrected chi connectivity index (χ1v) is 14.8. The van der Waals surface area contributed by atoms with Crippen LogP contribution >= 0.6 is 0 Å². The van der Waals surface area contributed by atoms with E-state index in [0.29, 0.717) is 26.0 Å². The minimum absolute atomic E-state index is 0.0949. The summed E-state index contributed by atoms with van der Waals surface area (Å²) < 4.78 is 5.69. The Morgan fingerprint density at radius 1 is 1.12 bits per heavy atom. The third kappa shape index (κ3) is 7.79. The Labute approximate surface area is 238 Å². The lowest BCUT2D eigenvalue weighted by molar-refractivity contribution is -0.143. The molecule has 40 heavy (non-hydrogen) atoms. The average molecular weight is 552 g/mol. The van der Waals surface area contributed by atoms with Crippen molar-refractivity contribution in [3.63, 3.8) is 0 Å².